The third kappa shape index (κ3) is 5.35. The quantitative estimate of drug-likeness (QED) is 0.813. The van der Waals surface area contributed by atoms with Gasteiger partial charge in [0.15, 0.2) is 0 Å². The Kier molecular flexibility index (Phi) is 6.86. The lowest BCUT2D eigenvalue weighted by Gasteiger charge is -2.26. The summed E-state index contributed by atoms with van der Waals surface area (Å²) in [7, 11) is 0. The van der Waals surface area contributed by atoms with Crippen LogP contribution in [0.2, 0.25) is 5.02 Å². The van der Waals surface area contributed by atoms with Crippen LogP contribution in [0.1, 0.15) is 25.8 Å². The molecule has 0 fully saturated rings. The van der Waals surface area contributed by atoms with Gasteiger partial charge in [-0.3, -0.25) is 4.79 Å². The van der Waals surface area contributed by atoms with Gasteiger partial charge >= 0.3 is 0 Å². The number of halogens is 1. The molecule has 0 aliphatic heterocycles. The lowest BCUT2D eigenvalue weighted by molar-refractivity contribution is -0.122. The molecule has 0 radical (unpaired) electrons. The van der Waals surface area contributed by atoms with E-state index in [1.165, 1.54) is 0 Å². The molecule has 0 saturated heterocycles. The van der Waals surface area contributed by atoms with Crippen LogP contribution in [0.25, 0.3) is 0 Å². The number of amides is 1. The summed E-state index contributed by atoms with van der Waals surface area (Å²) in [6.45, 7) is 4.73. The highest BCUT2D eigenvalue weighted by Gasteiger charge is 2.22. The number of benzene rings is 1. The standard InChI is InChI=1S/C15H23ClN2OS/c1-15(2,11-4-6-12(16)7-5-11)10-18-14(19)13(17)8-9-20-3/h4-7,13H,8-10,17H2,1-3H3,(H,18,19)/t13-/m0/s1. The summed E-state index contributed by atoms with van der Waals surface area (Å²) in [6, 6.07) is 7.28. The Labute approximate surface area is 130 Å². The minimum atomic E-state index is -0.427. The van der Waals surface area contributed by atoms with Crippen molar-refractivity contribution in [1.82, 2.24) is 5.32 Å². The van der Waals surface area contributed by atoms with Crippen molar-refractivity contribution in [3.8, 4) is 0 Å². The molecule has 0 unspecified atom stereocenters. The Balaban J connectivity index is 2.54. The summed E-state index contributed by atoms with van der Waals surface area (Å²) in [4.78, 5) is 11.9. The first-order chi connectivity index (χ1) is 9.36. The van der Waals surface area contributed by atoms with Gasteiger partial charge in [0.05, 0.1) is 6.04 Å². The van der Waals surface area contributed by atoms with Crippen molar-refractivity contribution in [3.63, 3.8) is 0 Å². The van der Waals surface area contributed by atoms with Crippen LogP contribution < -0.4 is 11.1 Å². The molecule has 20 heavy (non-hydrogen) atoms. The van der Waals surface area contributed by atoms with Gasteiger partial charge in [-0.05, 0) is 36.1 Å². The van der Waals surface area contributed by atoms with Gasteiger partial charge in [-0.15, -0.1) is 0 Å². The van der Waals surface area contributed by atoms with E-state index < -0.39 is 6.04 Å². The van der Waals surface area contributed by atoms with Crippen molar-refractivity contribution in [2.45, 2.75) is 31.7 Å². The first-order valence-electron chi connectivity index (χ1n) is 6.65. The monoisotopic (exact) mass is 314 g/mol. The maximum absolute atomic E-state index is 11.9. The molecule has 1 rings (SSSR count). The van der Waals surface area contributed by atoms with Crippen molar-refractivity contribution in [3.05, 3.63) is 34.9 Å². The average Bonchev–Trinajstić information content (AvgIpc) is 2.42. The van der Waals surface area contributed by atoms with Crippen molar-refractivity contribution >= 4 is 29.3 Å². The van der Waals surface area contributed by atoms with Gasteiger partial charge in [-0.25, -0.2) is 0 Å². The lowest BCUT2D eigenvalue weighted by atomic mass is 9.84. The smallest absolute Gasteiger partial charge is 0.236 e. The normalized spacial score (nSPS) is 13.1. The van der Waals surface area contributed by atoms with Crippen LogP contribution in [0.5, 0.6) is 0 Å². The number of thioether (sulfide) groups is 1. The Morgan fingerprint density at radius 1 is 1.40 bits per heavy atom. The molecule has 0 aliphatic carbocycles. The van der Waals surface area contributed by atoms with E-state index in [4.69, 9.17) is 17.3 Å². The van der Waals surface area contributed by atoms with Crippen molar-refractivity contribution in [1.29, 1.82) is 0 Å². The Morgan fingerprint density at radius 3 is 2.55 bits per heavy atom. The van der Waals surface area contributed by atoms with Crippen LogP contribution >= 0.6 is 23.4 Å². The van der Waals surface area contributed by atoms with Gasteiger partial charge in [0.1, 0.15) is 0 Å². The second-order valence-electron chi connectivity index (χ2n) is 5.50. The zero-order chi connectivity index (χ0) is 15.2. The molecule has 1 aromatic carbocycles. The van der Waals surface area contributed by atoms with E-state index in [-0.39, 0.29) is 11.3 Å². The first kappa shape index (κ1) is 17.3. The summed E-state index contributed by atoms with van der Waals surface area (Å²) in [5.41, 5.74) is 6.83. The number of carbonyl (C=O) groups is 1. The predicted molar refractivity (Wildman–Crippen MR) is 88.5 cm³/mol. The molecule has 112 valence electrons. The molecule has 0 aromatic heterocycles. The van der Waals surface area contributed by atoms with Crippen molar-refractivity contribution < 1.29 is 4.79 Å². The number of rotatable bonds is 7. The summed E-state index contributed by atoms with van der Waals surface area (Å²) in [5, 5.41) is 3.65. The van der Waals surface area contributed by atoms with E-state index in [0.29, 0.717) is 18.0 Å². The fraction of sp³-hybridized carbons (Fsp3) is 0.533. The summed E-state index contributed by atoms with van der Waals surface area (Å²) >= 11 is 7.59. The third-order valence-electron chi connectivity index (χ3n) is 3.30. The number of carbonyl (C=O) groups excluding carboxylic acids is 1. The molecule has 1 atom stereocenters. The van der Waals surface area contributed by atoms with E-state index in [0.717, 1.165) is 11.3 Å². The van der Waals surface area contributed by atoms with Crippen LogP contribution in [0.4, 0.5) is 0 Å². The first-order valence-corrected chi connectivity index (χ1v) is 8.42. The minimum absolute atomic E-state index is 0.0823. The molecule has 1 amide bonds. The van der Waals surface area contributed by atoms with E-state index in [1.54, 1.807) is 11.8 Å². The molecule has 0 spiro atoms. The number of nitrogens with two attached hydrogens (primary N) is 1. The molecule has 0 heterocycles. The Bertz CT molecular complexity index is 434. The predicted octanol–water partition coefficient (Wildman–Crippen LogP) is 2.81. The van der Waals surface area contributed by atoms with Crippen molar-refractivity contribution in [2.75, 3.05) is 18.6 Å². The van der Waals surface area contributed by atoms with Crippen LogP contribution in [0, 0.1) is 0 Å². The molecule has 0 saturated carbocycles. The van der Waals surface area contributed by atoms with Crippen LogP contribution in [-0.2, 0) is 10.2 Å². The van der Waals surface area contributed by atoms with E-state index in [9.17, 15) is 4.79 Å². The Morgan fingerprint density at radius 2 is 2.00 bits per heavy atom. The minimum Gasteiger partial charge on any atom is -0.354 e. The maximum Gasteiger partial charge on any atom is 0.236 e. The largest absolute Gasteiger partial charge is 0.354 e. The second-order valence-corrected chi connectivity index (χ2v) is 6.92. The maximum atomic E-state index is 11.9. The van der Waals surface area contributed by atoms with Crippen LogP contribution in [-0.4, -0.2) is 30.5 Å². The molecular weight excluding hydrogens is 292 g/mol. The molecule has 3 nitrogen and oxygen atoms in total. The van der Waals surface area contributed by atoms with Gasteiger partial charge in [0, 0.05) is 17.0 Å². The van der Waals surface area contributed by atoms with Crippen LogP contribution in [0.3, 0.4) is 0 Å². The van der Waals surface area contributed by atoms with Gasteiger partial charge < -0.3 is 11.1 Å². The lowest BCUT2D eigenvalue weighted by Crippen LogP contribution is -2.45. The number of hydrogen-bond acceptors (Lipinski definition) is 3. The Hall–Kier alpha value is -0.710. The highest BCUT2D eigenvalue weighted by molar-refractivity contribution is 7.98. The zero-order valence-electron chi connectivity index (χ0n) is 12.3. The number of hydrogen-bond donors (Lipinski definition) is 2. The van der Waals surface area contributed by atoms with Gasteiger partial charge in [0.25, 0.3) is 0 Å². The van der Waals surface area contributed by atoms with Crippen molar-refractivity contribution in [2.24, 2.45) is 5.73 Å². The topological polar surface area (TPSA) is 55.1 Å². The third-order valence-corrected chi connectivity index (χ3v) is 4.20. The summed E-state index contributed by atoms with van der Waals surface area (Å²) in [6.07, 6.45) is 2.71. The zero-order valence-corrected chi connectivity index (χ0v) is 13.9. The summed E-state index contributed by atoms with van der Waals surface area (Å²) < 4.78 is 0. The van der Waals surface area contributed by atoms with Gasteiger partial charge in [-0.1, -0.05) is 37.6 Å². The van der Waals surface area contributed by atoms with E-state index in [2.05, 4.69) is 19.2 Å². The molecular formula is C15H23ClN2OS. The fourth-order valence-corrected chi connectivity index (χ4v) is 2.43. The van der Waals surface area contributed by atoms with Gasteiger partial charge in [0.2, 0.25) is 5.91 Å². The molecule has 5 heteroatoms. The molecule has 1 aromatic rings. The SMILES string of the molecule is CSCC[C@H](N)C(=O)NCC(C)(C)c1ccc(Cl)cc1. The average molecular weight is 315 g/mol. The second kappa shape index (κ2) is 7.91. The van der Waals surface area contributed by atoms with Gasteiger partial charge in [-0.2, -0.15) is 11.8 Å². The molecule has 3 N–H and O–H groups in total. The summed E-state index contributed by atoms with van der Waals surface area (Å²) in [5.74, 6) is 0.816. The number of nitrogens with one attached hydrogen (secondary N) is 1. The highest BCUT2D eigenvalue weighted by atomic mass is 35.5. The molecule has 0 aliphatic rings. The van der Waals surface area contributed by atoms with Crippen LogP contribution in [0.15, 0.2) is 24.3 Å². The van der Waals surface area contributed by atoms with E-state index >= 15 is 0 Å². The molecule has 0 bridgehead atoms. The highest BCUT2D eigenvalue weighted by Crippen LogP contribution is 2.23. The fourth-order valence-electron chi connectivity index (χ4n) is 1.82. The van der Waals surface area contributed by atoms with E-state index in [1.807, 2.05) is 30.5 Å².